The fourth-order valence-electron chi connectivity index (χ4n) is 2.84. The first-order chi connectivity index (χ1) is 10.2. The Kier molecular flexibility index (Phi) is 7.63. The van der Waals surface area contributed by atoms with E-state index in [1.807, 2.05) is 0 Å². The van der Waals surface area contributed by atoms with E-state index in [0.717, 1.165) is 38.7 Å². The smallest absolute Gasteiger partial charge is 0.317 e. The molecule has 1 saturated carbocycles. The molecule has 0 saturated heterocycles. The number of nitrogens with zero attached hydrogens (tertiary/aromatic N) is 1. The van der Waals surface area contributed by atoms with E-state index in [0.29, 0.717) is 12.5 Å². The van der Waals surface area contributed by atoms with Gasteiger partial charge in [-0.15, -0.1) is 0 Å². The summed E-state index contributed by atoms with van der Waals surface area (Å²) in [6.07, 6.45) is 5.44. The van der Waals surface area contributed by atoms with E-state index in [4.69, 9.17) is 4.74 Å². The molecule has 0 aliphatic heterocycles. The Bertz CT molecular complexity index is 339. The van der Waals surface area contributed by atoms with Crippen molar-refractivity contribution in [3.05, 3.63) is 0 Å². The molecule has 0 aromatic carbocycles. The molecule has 2 amide bonds. The summed E-state index contributed by atoms with van der Waals surface area (Å²) in [4.78, 5) is 13.8. The van der Waals surface area contributed by atoms with Crippen molar-refractivity contribution in [3.8, 4) is 0 Å². The Labute approximate surface area is 135 Å². The SMILES string of the molecule is CC(C)CCOC1CCCCC1NC(=O)N(C)CC(C)(C)O. The molecule has 0 bridgehead atoms. The van der Waals surface area contributed by atoms with Gasteiger partial charge in [-0.2, -0.15) is 0 Å². The maximum Gasteiger partial charge on any atom is 0.317 e. The van der Waals surface area contributed by atoms with Crippen molar-refractivity contribution in [3.63, 3.8) is 0 Å². The number of aliphatic hydroxyl groups is 1. The van der Waals surface area contributed by atoms with Crippen LogP contribution in [0.4, 0.5) is 4.79 Å². The molecule has 0 spiro atoms. The lowest BCUT2D eigenvalue weighted by atomic mass is 9.92. The summed E-state index contributed by atoms with van der Waals surface area (Å²) in [7, 11) is 1.71. The topological polar surface area (TPSA) is 61.8 Å². The molecular formula is C17H34N2O3. The van der Waals surface area contributed by atoms with Crippen molar-refractivity contribution in [2.45, 2.75) is 77.5 Å². The second-order valence-corrected chi connectivity index (χ2v) is 7.60. The van der Waals surface area contributed by atoms with Crippen LogP contribution in [0.3, 0.4) is 0 Å². The summed E-state index contributed by atoms with van der Waals surface area (Å²) >= 11 is 0. The molecule has 2 unspecified atom stereocenters. The number of carbonyl (C=O) groups excluding carboxylic acids is 1. The zero-order chi connectivity index (χ0) is 16.8. The molecule has 2 N–H and O–H groups in total. The van der Waals surface area contributed by atoms with Gasteiger partial charge in [-0.05, 0) is 39.0 Å². The van der Waals surface area contributed by atoms with Gasteiger partial charge in [-0.1, -0.05) is 26.7 Å². The van der Waals surface area contributed by atoms with Crippen LogP contribution in [-0.4, -0.2) is 54.0 Å². The van der Waals surface area contributed by atoms with E-state index < -0.39 is 5.60 Å². The Morgan fingerprint density at radius 3 is 2.59 bits per heavy atom. The van der Waals surface area contributed by atoms with Crippen LogP contribution in [0, 0.1) is 5.92 Å². The average molecular weight is 314 g/mol. The zero-order valence-electron chi connectivity index (χ0n) is 14.9. The third kappa shape index (κ3) is 7.45. The molecule has 5 nitrogen and oxygen atoms in total. The fourth-order valence-corrected chi connectivity index (χ4v) is 2.84. The summed E-state index contributed by atoms with van der Waals surface area (Å²) in [5, 5.41) is 12.9. The van der Waals surface area contributed by atoms with Gasteiger partial charge in [0.2, 0.25) is 0 Å². The van der Waals surface area contributed by atoms with Gasteiger partial charge >= 0.3 is 6.03 Å². The van der Waals surface area contributed by atoms with Crippen molar-refractivity contribution in [2.75, 3.05) is 20.2 Å². The molecule has 2 atom stereocenters. The lowest BCUT2D eigenvalue weighted by Crippen LogP contribution is -2.52. The third-order valence-electron chi connectivity index (χ3n) is 4.01. The maximum absolute atomic E-state index is 12.3. The number of hydrogen-bond donors (Lipinski definition) is 2. The number of urea groups is 1. The van der Waals surface area contributed by atoms with Crippen LogP contribution in [0.2, 0.25) is 0 Å². The molecule has 130 valence electrons. The van der Waals surface area contributed by atoms with E-state index in [9.17, 15) is 9.90 Å². The average Bonchev–Trinajstić information content (AvgIpc) is 2.38. The summed E-state index contributed by atoms with van der Waals surface area (Å²) in [5.41, 5.74) is -0.883. The van der Waals surface area contributed by atoms with Gasteiger partial charge in [0.25, 0.3) is 0 Å². The van der Waals surface area contributed by atoms with Crippen LogP contribution >= 0.6 is 0 Å². The van der Waals surface area contributed by atoms with Gasteiger partial charge in [-0.25, -0.2) is 4.79 Å². The number of carbonyl (C=O) groups is 1. The van der Waals surface area contributed by atoms with Crippen LogP contribution in [0.15, 0.2) is 0 Å². The standard InChI is InChI=1S/C17H34N2O3/c1-13(2)10-11-22-15-9-7-6-8-14(15)18-16(20)19(5)12-17(3,4)21/h13-15,21H,6-12H2,1-5H3,(H,18,20). The molecular weight excluding hydrogens is 280 g/mol. The van der Waals surface area contributed by atoms with Gasteiger partial charge < -0.3 is 20.1 Å². The number of amides is 2. The maximum atomic E-state index is 12.3. The van der Waals surface area contributed by atoms with Gasteiger partial charge in [0.1, 0.15) is 0 Å². The third-order valence-corrected chi connectivity index (χ3v) is 4.01. The number of rotatable bonds is 7. The molecule has 0 aromatic rings. The van der Waals surface area contributed by atoms with Crippen LogP contribution in [0.25, 0.3) is 0 Å². The van der Waals surface area contributed by atoms with Gasteiger partial charge in [0.15, 0.2) is 0 Å². The van der Waals surface area contributed by atoms with E-state index in [-0.39, 0.29) is 18.2 Å². The van der Waals surface area contributed by atoms with E-state index >= 15 is 0 Å². The van der Waals surface area contributed by atoms with Crippen molar-refractivity contribution in [1.29, 1.82) is 0 Å². The highest BCUT2D eigenvalue weighted by molar-refractivity contribution is 5.74. The monoisotopic (exact) mass is 314 g/mol. The first kappa shape index (κ1) is 19.2. The summed E-state index contributed by atoms with van der Waals surface area (Å²) in [6.45, 7) is 8.85. The van der Waals surface area contributed by atoms with Crippen molar-refractivity contribution in [1.82, 2.24) is 10.2 Å². The Hall–Kier alpha value is -0.810. The second kappa shape index (κ2) is 8.73. The highest BCUT2D eigenvalue weighted by atomic mass is 16.5. The molecule has 1 rings (SSSR count). The molecule has 22 heavy (non-hydrogen) atoms. The predicted octanol–water partition coefficient (Wildman–Crippen LogP) is 2.77. The number of ether oxygens (including phenoxy) is 1. The van der Waals surface area contributed by atoms with Gasteiger partial charge in [0, 0.05) is 13.7 Å². The van der Waals surface area contributed by atoms with Crippen molar-refractivity contribution < 1.29 is 14.6 Å². The van der Waals surface area contributed by atoms with Gasteiger partial charge in [-0.3, -0.25) is 0 Å². The molecule has 1 aliphatic carbocycles. The molecule has 1 fully saturated rings. The Morgan fingerprint density at radius 2 is 2.00 bits per heavy atom. The molecule has 0 aromatic heterocycles. The zero-order valence-corrected chi connectivity index (χ0v) is 14.9. The Balaban J connectivity index is 2.47. The first-order valence-corrected chi connectivity index (χ1v) is 8.54. The minimum atomic E-state index is -0.883. The Morgan fingerprint density at radius 1 is 1.36 bits per heavy atom. The minimum Gasteiger partial charge on any atom is -0.389 e. The summed E-state index contributed by atoms with van der Waals surface area (Å²) in [5.74, 6) is 0.634. The van der Waals surface area contributed by atoms with Gasteiger partial charge in [0.05, 0.1) is 24.3 Å². The van der Waals surface area contributed by atoms with Crippen molar-refractivity contribution >= 4 is 6.03 Å². The van der Waals surface area contributed by atoms with Crippen LogP contribution in [-0.2, 0) is 4.74 Å². The van der Waals surface area contributed by atoms with E-state index in [1.165, 1.54) is 0 Å². The lowest BCUT2D eigenvalue weighted by Gasteiger charge is -2.34. The largest absolute Gasteiger partial charge is 0.389 e. The highest BCUT2D eigenvalue weighted by Gasteiger charge is 2.29. The molecule has 0 radical (unpaired) electrons. The minimum absolute atomic E-state index is 0.0812. The summed E-state index contributed by atoms with van der Waals surface area (Å²) < 4.78 is 6.01. The lowest BCUT2D eigenvalue weighted by molar-refractivity contribution is 0.00112. The number of hydrogen-bond acceptors (Lipinski definition) is 3. The quantitative estimate of drug-likeness (QED) is 0.759. The van der Waals surface area contributed by atoms with Crippen LogP contribution in [0.1, 0.15) is 59.8 Å². The van der Waals surface area contributed by atoms with Crippen LogP contribution < -0.4 is 5.32 Å². The normalized spacial score (nSPS) is 22.7. The second-order valence-electron chi connectivity index (χ2n) is 7.60. The van der Waals surface area contributed by atoms with E-state index in [1.54, 1.807) is 25.8 Å². The molecule has 1 aliphatic rings. The fraction of sp³-hybridized carbons (Fsp3) is 0.941. The summed E-state index contributed by atoms with van der Waals surface area (Å²) in [6, 6.07) is -0.0517. The van der Waals surface area contributed by atoms with E-state index in [2.05, 4.69) is 19.2 Å². The molecule has 0 heterocycles. The highest BCUT2D eigenvalue weighted by Crippen LogP contribution is 2.22. The molecule has 5 heteroatoms. The predicted molar refractivity (Wildman–Crippen MR) is 88.9 cm³/mol. The van der Waals surface area contributed by atoms with Crippen LogP contribution in [0.5, 0.6) is 0 Å². The number of nitrogens with one attached hydrogen (secondary N) is 1. The first-order valence-electron chi connectivity index (χ1n) is 8.54. The number of likely N-dealkylation sites (N-methyl/N-ethyl adjacent to an activating group) is 1. The van der Waals surface area contributed by atoms with Crippen molar-refractivity contribution in [2.24, 2.45) is 5.92 Å².